The molecule has 120 valence electrons. The van der Waals surface area contributed by atoms with Gasteiger partial charge in [0.25, 0.3) is 0 Å². The number of aryl methyl sites for hydroxylation is 1. The molecule has 0 aliphatic rings. The summed E-state index contributed by atoms with van der Waals surface area (Å²) in [6.45, 7) is 0.648. The van der Waals surface area contributed by atoms with Crippen LogP contribution >= 0.6 is 12.4 Å². The molecular formula is C18H15ClN4O. The zero-order valence-electron chi connectivity index (χ0n) is 12.8. The maximum atomic E-state index is 9.94. The molecule has 4 aromatic rings. The Kier molecular flexibility index (Phi) is 4.15. The molecule has 0 radical (unpaired) electrons. The number of pyridine rings is 1. The molecule has 0 saturated heterocycles. The number of aromatic nitrogens is 3. The van der Waals surface area contributed by atoms with Gasteiger partial charge in [-0.2, -0.15) is 5.26 Å². The van der Waals surface area contributed by atoms with Crippen LogP contribution in [0, 0.1) is 11.3 Å². The number of imidazole rings is 1. The van der Waals surface area contributed by atoms with Crippen molar-refractivity contribution in [2.75, 3.05) is 0 Å². The first-order chi connectivity index (χ1) is 11.3. The molecule has 0 unspecified atom stereocenters. The molecular weight excluding hydrogens is 324 g/mol. The van der Waals surface area contributed by atoms with Gasteiger partial charge in [-0.3, -0.25) is 0 Å². The minimum atomic E-state index is 0. The molecule has 6 heteroatoms. The van der Waals surface area contributed by atoms with Crippen LogP contribution in [0.3, 0.4) is 0 Å². The second-order valence-corrected chi connectivity index (χ2v) is 5.41. The van der Waals surface area contributed by atoms with E-state index in [1.54, 1.807) is 12.1 Å². The van der Waals surface area contributed by atoms with E-state index in [-0.39, 0.29) is 18.2 Å². The summed E-state index contributed by atoms with van der Waals surface area (Å²) in [6.07, 6.45) is 6.26. The summed E-state index contributed by atoms with van der Waals surface area (Å²) in [6, 6.07) is 13.7. The van der Waals surface area contributed by atoms with E-state index in [0.29, 0.717) is 18.6 Å². The molecule has 3 aromatic heterocycles. The fourth-order valence-electron chi connectivity index (χ4n) is 2.93. The lowest BCUT2D eigenvalue weighted by atomic mass is 10.1. The van der Waals surface area contributed by atoms with Crippen LogP contribution in [0.25, 0.3) is 27.8 Å². The molecule has 5 nitrogen and oxygen atoms in total. The zero-order chi connectivity index (χ0) is 15.8. The molecule has 1 N–H and O–H groups in total. The fourth-order valence-corrected chi connectivity index (χ4v) is 2.93. The highest BCUT2D eigenvalue weighted by Crippen LogP contribution is 2.31. The van der Waals surface area contributed by atoms with Crippen molar-refractivity contribution in [1.29, 1.82) is 5.26 Å². The zero-order valence-corrected chi connectivity index (χ0v) is 13.6. The number of rotatable bonds is 3. The van der Waals surface area contributed by atoms with Crippen LogP contribution in [-0.4, -0.2) is 19.1 Å². The van der Waals surface area contributed by atoms with Crippen LogP contribution in [0.15, 0.2) is 55.0 Å². The summed E-state index contributed by atoms with van der Waals surface area (Å²) < 4.78 is 3.89. The van der Waals surface area contributed by atoms with Crippen molar-refractivity contribution in [3.63, 3.8) is 0 Å². The summed E-state index contributed by atoms with van der Waals surface area (Å²) in [5, 5.41) is 19.9. The standard InChI is InChI=1S/C18H14N4O.ClH/c19-8-4-10-21-11-14(13-5-1-2-6-16(13)21)15-12-22-9-3-7-17(23)18(22)20-15;/h1-3,5-7,9,11-12,23H,4,10H2;1H. The minimum Gasteiger partial charge on any atom is -0.504 e. The molecule has 0 amide bonds. The van der Waals surface area contributed by atoms with Gasteiger partial charge in [0.15, 0.2) is 11.4 Å². The van der Waals surface area contributed by atoms with Gasteiger partial charge in [-0.15, -0.1) is 12.4 Å². The number of halogens is 1. The van der Waals surface area contributed by atoms with E-state index in [2.05, 4.69) is 21.7 Å². The number of para-hydroxylation sites is 1. The van der Waals surface area contributed by atoms with E-state index in [4.69, 9.17) is 5.26 Å². The summed E-state index contributed by atoms with van der Waals surface area (Å²) in [5.74, 6) is 0.159. The molecule has 0 saturated carbocycles. The van der Waals surface area contributed by atoms with Crippen molar-refractivity contribution in [1.82, 2.24) is 14.0 Å². The van der Waals surface area contributed by atoms with Crippen LogP contribution in [-0.2, 0) is 6.54 Å². The fraction of sp³-hybridized carbons (Fsp3) is 0.111. The Morgan fingerprint density at radius 3 is 2.75 bits per heavy atom. The van der Waals surface area contributed by atoms with Gasteiger partial charge in [0.2, 0.25) is 0 Å². The molecule has 0 atom stereocenters. The Bertz CT molecular complexity index is 1060. The first-order valence-corrected chi connectivity index (χ1v) is 7.40. The summed E-state index contributed by atoms with van der Waals surface area (Å²) in [4.78, 5) is 4.56. The third-order valence-electron chi connectivity index (χ3n) is 3.99. The molecule has 0 bridgehead atoms. The molecule has 0 fully saturated rings. The Morgan fingerprint density at radius 2 is 1.96 bits per heavy atom. The van der Waals surface area contributed by atoms with Gasteiger partial charge in [0.1, 0.15) is 0 Å². The van der Waals surface area contributed by atoms with E-state index in [0.717, 1.165) is 22.2 Å². The van der Waals surface area contributed by atoms with Crippen molar-refractivity contribution in [2.24, 2.45) is 0 Å². The van der Waals surface area contributed by atoms with E-state index >= 15 is 0 Å². The number of fused-ring (bicyclic) bond motifs is 2. The van der Waals surface area contributed by atoms with E-state index < -0.39 is 0 Å². The molecule has 4 rings (SSSR count). The molecule has 0 spiro atoms. The van der Waals surface area contributed by atoms with Gasteiger partial charge in [0.05, 0.1) is 18.2 Å². The largest absolute Gasteiger partial charge is 0.504 e. The number of hydrogen-bond acceptors (Lipinski definition) is 3. The lowest BCUT2D eigenvalue weighted by Gasteiger charge is -2.00. The molecule has 0 aliphatic heterocycles. The van der Waals surface area contributed by atoms with Crippen LogP contribution in [0.2, 0.25) is 0 Å². The topological polar surface area (TPSA) is 66.2 Å². The van der Waals surface area contributed by atoms with Gasteiger partial charge in [-0.05, 0) is 18.2 Å². The SMILES string of the molecule is Cl.N#CCCn1cc(-c2cn3cccc(O)c3n2)c2ccccc21. The summed E-state index contributed by atoms with van der Waals surface area (Å²) >= 11 is 0. The molecule has 24 heavy (non-hydrogen) atoms. The van der Waals surface area contributed by atoms with E-state index in [9.17, 15) is 5.11 Å². The van der Waals surface area contributed by atoms with Gasteiger partial charge in [-0.1, -0.05) is 18.2 Å². The van der Waals surface area contributed by atoms with E-state index in [1.165, 1.54) is 0 Å². The van der Waals surface area contributed by atoms with Gasteiger partial charge < -0.3 is 14.1 Å². The number of hydrogen-bond donors (Lipinski definition) is 1. The second kappa shape index (κ2) is 6.26. The normalized spacial score (nSPS) is 10.6. The predicted molar refractivity (Wildman–Crippen MR) is 95.3 cm³/mol. The first kappa shape index (κ1) is 15.9. The van der Waals surface area contributed by atoms with Gasteiger partial charge in [0, 0.05) is 41.6 Å². The monoisotopic (exact) mass is 338 g/mol. The number of aromatic hydroxyl groups is 1. The maximum Gasteiger partial charge on any atom is 0.180 e. The lowest BCUT2D eigenvalue weighted by Crippen LogP contribution is -1.93. The highest BCUT2D eigenvalue weighted by Gasteiger charge is 2.13. The maximum absolute atomic E-state index is 9.94. The second-order valence-electron chi connectivity index (χ2n) is 5.41. The lowest BCUT2D eigenvalue weighted by molar-refractivity contribution is 0.477. The Balaban J connectivity index is 0.00000169. The number of benzene rings is 1. The van der Waals surface area contributed by atoms with Gasteiger partial charge >= 0.3 is 0 Å². The highest BCUT2D eigenvalue weighted by atomic mass is 35.5. The summed E-state index contributed by atoms with van der Waals surface area (Å²) in [7, 11) is 0. The smallest absolute Gasteiger partial charge is 0.180 e. The minimum absolute atomic E-state index is 0. The molecule has 3 heterocycles. The van der Waals surface area contributed by atoms with Crippen molar-refractivity contribution in [2.45, 2.75) is 13.0 Å². The van der Waals surface area contributed by atoms with Crippen LogP contribution in [0.5, 0.6) is 5.75 Å². The van der Waals surface area contributed by atoms with Crippen molar-refractivity contribution >= 4 is 29.0 Å². The van der Waals surface area contributed by atoms with Crippen molar-refractivity contribution in [3.8, 4) is 23.1 Å². The van der Waals surface area contributed by atoms with Gasteiger partial charge in [-0.25, -0.2) is 4.98 Å². The van der Waals surface area contributed by atoms with Crippen molar-refractivity contribution in [3.05, 3.63) is 55.0 Å². The first-order valence-electron chi connectivity index (χ1n) is 7.40. The Morgan fingerprint density at radius 1 is 1.12 bits per heavy atom. The van der Waals surface area contributed by atoms with Crippen LogP contribution in [0.4, 0.5) is 0 Å². The number of nitrogens with zero attached hydrogens (tertiary/aromatic N) is 4. The molecule has 1 aromatic carbocycles. The average Bonchev–Trinajstić information content (AvgIpc) is 3.15. The Hall–Kier alpha value is -2.97. The summed E-state index contributed by atoms with van der Waals surface area (Å²) in [5.41, 5.74) is 3.43. The Labute approximate surface area is 144 Å². The number of nitriles is 1. The third-order valence-corrected chi connectivity index (χ3v) is 3.99. The van der Waals surface area contributed by atoms with Crippen LogP contribution < -0.4 is 0 Å². The van der Waals surface area contributed by atoms with E-state index in [1.807, 2.05) is 41.2 Å². The average molecular weight is 339 g/mol. The quantitative estimate of drug-likeness (QED) is 0.614. The highest BCUT2D eigenvalue weighted by molar-refractivity contribution is 5.95. The van der Waals surface area contributed by atoms with Crippen molar-refractivity contribution < 1.29 is 5.11 Å². The third kappa shape index (κ3) is 2.47. The van der Waals surface area contributed by atoms with Crippen LogP contribution in [0.1, 0.15) is 6.42 Å². The predicted octanol–water partition coefficient (Wildman–Crippen LogP) is 4.00. The molecule has 0 aliphatic carbocycles.